The van der Waals surface area contributed by atoms with Crippen LogP contribution in [0, 0.1) is 0 Å². The molecule has 8 heteroatoms. The predicted molar refractivity (Wildman–Crippen MR) is 116 cm³/mol. The Labute approximate surface area is 183 Å². The average molecular weight is 446 g/mol. The quantitative estimate of drug-likeness (QED) is 0.435. The van der Waals surface area contributed by atoms with Gasteiger partial charge in [0.25, 0.3) is 0 Å². The van der Waals surface area contributed by atoms with Gasteiger partial charge < -0.3 is 9.47 Å². The number of Topliss-reactive ketones (excluding diaryl/α,β-unsaturated/α-hetero) is 1. The number of esters is 1. The Balaban J connectivity index is 1.56. The van der Waals surface area contributed by atoms with E-state index in [1.165, 1.54) is 28.6 Å². The SMILES string of the molecule is CCCCc1ccc(C(=O)OCC(=O)c2ccc(S(=O)(=O)N3CCOCC3)cc2)cc1. The van der Waals surface area contributed by atoms with Gasteiger partial charge >= 0.3 is 5.97 Å². The number of rotatable bonds is 9. The summed E-state index contributed by atoms with van der Waals surface area (Å²) in [6.07, 6.45) is 3.15. The van der Waals surface area contributed by atoms with Gasteiger partial charge in [0.15, 0.2) is 12.4 Å². The lowest BCUT2D eigenvalue weighted by Crippen LogP contribution is -2.40. The highest BCUT2D eigenvalue weighted by atomic mass is 32.2. The average Bonchev–Trinajstić information content (AvgIpc) is 2.82. The van der Waals surface area contributed by atoms with Gasteiger partial charge in [-0.1, -0.05) is 25.5 Å². The minimum absolute atomic E-state index is 0.117. The Hall–Kier alpha value is -2.55. The molecule has 1 heterocycles. The molecule has 0 aromatic heterocycles. The monoisotopic (exact) mass is 445 g/mol. The van der Waals surface area contributed by atoms with Crippen LogP contribution < -0.4 is 0 Å². The molecular weight excluding hydrogens is 418 g/mol. The van der Waals surface area contributed by atoms with Gasteiger partial charge in [0, 0.05) is 18.7 Å². The maximum Gasteiger partial charge on any atom is 0.338 e. The molecule has 1 aliphatic rings. The summed E-state index contributed by atoms with van der Waals surface area (Å²) in [7, 11) is -3.62. The van der Waals surface area contributed by atoms with E-state index in [4.69, 9.17) is 9.47 Å². The topological polar surface area (TPSA) is 90.0 Å². The molecule has 7 nitrogen and oxygen atoms in total. The van der Waals surface area contributed by atoms with Crippen LogP contribution in [0.15, 0.2) is 53.4 Å². The van der Waals surface area contributed by atoms with E-state index in [-0.39, 0.29) is 10.5 Å². The van der Waals surface area contributed by atoms with E-state index in [0.29, 0.717) is 31.9 Å². The van der Waals surface area contributed by atoms with Crippen molar-refractivity contribution in [3.8, 4) is 0 Å². The third kappa shape index (κ3) is 6.00. The van der Waals surface area contributed by atoms with Crippen LogP contribution in [0.3, 0.4) is 0 Å². The zero-order valence-corrected chi connectivity index (χ0v) is 18.4. The fraction of sp³-hybridized carbons (Fsp3) is 0.391. The number of nitrogens with zero attached hydrogens (tertiary/aromatic N) is 1. The molecule has 0 amide bonds. The number of carbonyl (C=O) groups is 2. The first-order valence-electron chi connectivity index (χ1n) is 10.4. The van der Waals surface area contributed by atoms with Gasteiger partial charge in [0.05, 0.1) is 23.7 Å². The maximum absolute atomic E-state index is 12.6. The molecule has 0 spiro atoms. The number of benzene rings is 2. The van der Waals surface area contributed by atoms with E-state index >= 15 is 0 Å². The van der Waals surface area contributed by atoms with Crippen molar-refractivity contribution < 1.29 is 27.5 Å². The molecule has 3 rings (SSSR count). The zero-order chi connectivity index (χ0) is 22.3. The van der Waals surface area contributed by atoms with Gasteiger partial charge in [-0.15, -0.1) is 0 Å². The molecule has 2 aromatic carbocycles. The fourth-order valence-electron chi connectivity index (χ4n) is 3.23. The van der Waals surface area contributed by atoms with Crippen molar-refractivity contribution in [2.45, 2.75) is 31.1 Å². The number of carbonyl (C=O) groups excluding carboxylic acids is 2. The summed E-state index contributed by atoms with van der Waals surface area (Å²) in [5.74, 6) is -0.967. The molecule has 1 fully saturated rings. The molecule has 0 aliphatic carbocycles. The van der Waals surface area contributed by atoms with Crippen molar-refractivity contribution in [3.63, 3.8) is 0 Å². The van der Waals surface area contributed by atoms with Crippen LogP contribution in [0.25, 0.3) is 0 Å². The summed E-state index contributed by atoms with van der Waals surface area (Å²) in [6.45, 7) is 3.05. The molecule has 0 atom stereocenters. The van der Waals surface area contributed by atoms with Crippen molar-refractivity contribution in [1.82, 2.24) is 4.31 Å². The number of hydrogen-bond donors (Lipinski definition) is 0. The molecule has 31 heavy (non-hydrogen) atoms. The molecule has 0 radical (unpaired) electrons. The van der Waals surface area contributed by atoms with Crippen molar-refractivity contribution in [3.05, 3.63) is 65.2 Å². The minimum atomic E-state index is -3.62. The normalized spacial score (nSPS) is 14.9. The Morgan fingerprint density at radius 1 is 0.968 bits per heavy atom. The Morgan fingerprint density at radius 3 is 2.19 bits per heavy atom. The molecule has 0 N–H and O–H groups in total. The lowest BCUT2D eigenvalue weighted by Gasteiger charge is -2.26. The number of aryl methyl sites for hydroxylation is 1. The van der Waals surface area contributed by atoms with Crippen LogP contribution >= 0.6 is 0 Å². The molecule has 1 aliphatic heterocycles. The molecule has 0 bridgehead atoms. The summed E-state index contributed by atoms with van der Waals surface area (Å²) < 4.78 is 37.0. The number of ether oxygens (including phenoxy) is 2. The highest BCUT2D eigenvalue weighted by Gasteiger charge is 2.26. The Kier molecular flexibility index (Phi) is 7.95. The van der Waals surface area contributed by atoms with Crippen LogP contribution in [0.5, 0.6) is 0 Å². The number of hydrogen-bond acceptors (Lipinski definition) is 6. The summed E-state index contributed by atoms with van der Waals surface area (Å²) in [5, 5.41) is 0. The van der Waals surface area contributed by atoms with Gasteiger partial charge in [-0.25, -0.2) is 13.2 Å². The molecular formula is C23H27NO6S. The number of ketones is 1. The maximum atomic E-state index is 12.6. The van der Waals surface area contributed by atoms with Gasteiger partial charge in [0.1, 0.15) is 0 Å². The van der Waals surface area contributed by atoms with Gasteiger partial charge in [0.2, 0.25) is 10.0 Å². The van der Waals surface area contributed by atoms with E-state index in [9.17, 15) is 18.0 Å². The lowest BCUT2D eigenvalue weighted by molar-refractivity contribution is 0.0474. The van der Waals surface area contributed by atoms with Crippen LogP contribution in [0.4, 0.5) is 0 Å². The second-order valence-corrected chi connectivity index (χ2v) is 9.28. The minimum Gasteiger partial charge on any atom is -0.454 e. The van der Waals surface area contributed by atoms with Crippen molar-refractivity contribution in [2.75, 3.05) is 32.9 Å². The largest absolute Gasteiger partial charge is 0.454 e. The van der Waals surface area contributed by atoms with E-state index in [1.54, 1.807) is 12.1 Å². The summed E-state index contributed by atoms with van der Waals surface area (Å²) in [6, 6.07) is 12.8. The Bertz CT molecular complexity index is 993. The predicted octanol–water partition coefficient (Wildman–Crippen LogP) is 3.09. The van der Waals surface area contributed by atoms with E-state index in [1.807, 2.05) is 12.1 Å². The molecule has 0 unspecified atom stereocenters. The molecule has 0 saturated carbocycles. The first-order valence-corrected chi connectivity index (χ1v) is 11.8. The highest BCUT2D eigenvalue weighted by Crippen LogP contribution is 2.18. The fourth-order valence-corrected chi connectivity index (χ4v) is 4.64. The third-order valence-electron chi connectivity index (χ3n) is 5.13. The summed E-state index contributed by atoms with van der Waals surface area (Å²) in [4.78, 5) is 24.7. The van der Waals surface area contributed by atoms with Crippen molar-refractivity contribution in [1.29, 1.82) is 0 Å². The van der Waals surface area contributed by atoms with E-state index < -0.39 is 28.4 Å². The van der Waals surface area contributed by atoms with Crippen molar-refractivity contribution in [2.24, 2.45) is 0 Å². The van der Waals surface area contributed by atoms with Crippen LogP contribution in [-0.4, -0.2) is 57.4 Å². The van der Waals surface area contributed by atoms with E-state index in [0.717, 1.165) is 24.8 Å². The third-order valence-corrected chi connectivity index (χ3v) is 7.04. The molecule has 1 saturated heterocycles. The van der Waals surface area contributed by atoms with Gasteiger partial charge in [-0.2, -0.15) is 4.31 Å². The first kappa shape index (κ1) is 23.1. The van der Waals surface area contributed by atoms with Crippen LogP contribution in [-0.2, 0) is 25.9 Å². The second kappa shape index (κ2) is 10.7. The van der Waals surface area contributed by atoms with Crippen molar-refractivity contribution >= 4 is 21.8 Å². The second-order valence-electron chi connectivity index (χ2n) is 7.34. The van der Waals surface area contributed by atoms with E-state index in [2.05, 4.69) is 6.92 Å². The lowest BCUT2D eigenvalue weighted by atomic mass is 10.1. The van der Waals surface area contributed by atoms with Gasteiger partial charge in [-0.3, -0.25) is 4.79 Å². The summed E-state index contributed by atoms with van der Waals surface area (Å²) in [5.41, 5.74) is 1.82. The summed E-state index contributed by atoms with van der Waals surface area (Å²) >= 11 is 0. The highest BCUT2D eigenvalue weighted by molar-refractivity contribution is 7.89. The van der Waals surface area contributed by atoms with Crippen LogP contribution in [0.1, 0.15) is 46.0 Å². The Morgan fingerprint density at radius 2 is 1.58 bits per heavy atom. The number of unbranched alkanes of at least 4 members (excludes halogenated alkanes) is 1. The van der Waals surface area contributed by atoms with Gasteiger partial charge in [-0.05, 0) is 54.8 Å². The zero-order valence-electron chi connectivity index (χ0n) is 17.6. The molecule has 2 aromatic rings. The number of sulfonamides is 1. The van der Waals surface area contributed by atoms with Crippen LogP contribution in [0.2, 0.25) is 0 Å². The smallest absolute Gasteiger partial charge is 0.338 e. The number of morpholine rings is 1. The standard InChI is InChI=1S/C23H27NO6S/c1-2-3-4-18-5-7-20(8-6-18)23(26)30-17-22(25)19-9-11-21(12-10-19)31(27,28)24-13-15-29-16-14-24/h5-12H,2-4,13-17H2,1H3. The molecule has 166 valence electrons. The first-order chi connectivity index (χ1) is 14.9.